The van der Waals surface area contributed by atoms with Gasteiger partial charge in [-0.3, -0.25) is 0 Å². The SMILES string of the molecule is CCCNC(=S)N1CCC(CCC)C1. The van der Waals surface area contributed by atoms with Gasteiger partial charge in [-0.1, -0.05) is 20.3 Å². The van der Waals surface area contributed by atoms with Gasteiger partial charge >= 0.3 is 0 Å². The van der Waals surface area contributed by atoms with Crippen LogP contribution in [0.5, 0.6) is 0 Å². The summed E-state index contributed by atoms with van der Waals surface area (Å²) in [6, 6.07) is 0. The van der Waals surface area contributed by atoms with Gasteiger partial charge < -0.3 is 10.2 Å². The van der Waals surface area contributed by atoms with Gasteiger partial charge in [0.1, 0.15) is 0 Å². The summed E-state index contributed by atoms with van der Waals surface area (Å²) >= 11 is 5.33. The van der Waals surface area contributed by atoms with Crippen molar-refractivity contribution >= 4 is 17.3 Å². The summed E-state index contributed by atoms with van der Waals surface area (Å²) in [5.74, 6) is 0.876. The molecule has 1 aliphatic heterocycles. The summed E-state index contributed by atoms with van der Waals surface area (Å²) in [5.41, 5.74) is 0. The number of nitrogens with one attached hydrogen (secondary N) is 1. The number of likely N-dealkylation sites (tertiary alicyclic amines) is 1. The Hall–Kier alpha value is -0.310. The van der Waals surface area contributed by atoms with Crippen LogP contribution < -0.4 is 5.32 Å². The molecule has 1 fully saturated rings. The zero-order valence-corrected chi connectivity index (χ0v) is 10.2. The summed E-state index contributed by atoms with van der Waals surface area (Å²) in [6.45, 7) is 7.76. The van der Waals surface area contributed by atoms with E-state index < -0.39 is 0 Å². The summed E-state index contributed by atoms with van der Waals surface area (Å²) in [4.78, 5) is 2.32. The first kappa shape index (κ1) is 11.8. The quantitative estimate of drug-likeness (QED) is 0.723. The molecule has 0 bridgehead atoms. The van der Waals surface area contributed by atoms with E-state index in [2.05, 4.69) is 24.1 Å². The second-order valence-corrected chi connectivity index (χ2v) is 4.51. The highest BCUT2D eigenvalue weighted by Gasteiger charge is 2.22. The number of hydrogen-bond donors (Lipinski definition) is 1. The molecule has 1 aliphatic rings. The summed E-state index contributed by atoms with van der Waals surface area (Å²) in [5, 5.41) is 4.26. The lowest BCUT2D eigenvalue weighted by molar-refractivity contribution is 0.452. The fraction of sp³-hybridized carbons (Fsp3) is 0.909. The first-order valence-electron chi connectivity index (χ1n) is 5.80. The summed E-state index contributed by atoms with van der Waals surface area (Å²) < 4.78 is 0. The molecule has 0 aromatic carbocycles. The van der Waals surface area contributed by atoms with Crippen molar-refractivity contribution in [1.29, 1.82) is 0 Å². The minimum atomic E-state index is 0.876. The molecule has 82 valence electrons. The van der Waals surface area contributed by atoms with Crippen LogP contribution in [0.1, 0.15) is 39.5 Å². The minimum absolute atomic E-state index is 0.876. The first-order valence-corrected chi connectivity index (χ1v) is 6.21. The molecule has 0 aromatic rings. The Morgan fingerprint density at radius 1 is 1.43 bits per heavy atom. The van der Waals surface area contributed by atoms with Crippen LogP contribution in [0.4, 0.5) is 0 Å². The van der Waals surface area contributed by atoms with Crippen LogP contribution in [-0.4, -0.2) is 29.6 Å². The highest BCUT2D eigenvalue weighted by Crippen LogP contribution is 2.20. The molecule has 0 aliphatic carbocycles. The lowest BCUT2D eigenvalue weighted by Gasteiger charge is -2.20. The van der Waals surface area contributed by atoms with Crippen molar-refractivity contribution < 1.29 is 0 Å². The third-order valence-corrected chi connectivity index (χ3v) is 3.20. The van der Waals surface area contributed by atoms with Crippen LogP contribution in [-0.2, 0) is 0 Å². The van der Waals surface area contributed by atoms with E-state index in [-0.39, 0.29) is 0 Å². The molecule has 1 unspecified atom stereocenters. The van der Waals surface area contributed by atoms with E-state index in [1.54, 1.807) is 0 Å². The van der Waals surface area contributed by atoms with Crippen LogP contribution in [0.25, 0.3) is 0 Å². The van der Waals surface area contributed by atoms with Gasteiger partial charge in [0.25, 0.3) is 0 Å². The Kier molecular flexibility index (Phi) is 5.23. The lowest BCUT2D eigenvalue weighted by atomic mass is 10.0. The van der Waals surface area contributed by atoms with E-state index in [0.29, 0.717) is 0 Å². The van der Waals surface area contributed by atoms with E-state index in [0.717, 1.165) is 30.5 Å². The molecule has 1 rings (SSSR count). The highest BCUT2D eigenvalue weighted by atomic mass is 32.1. The Bertz CT molecular complexity index is 182. The van der Waals surface area contributed by atoms with E-state index >= 15 is 0 Å². The average Bonchev–Trinajstić information content (AvgIpc) is 2.63. The van der Waals surface area contributed by atoms with Gasteiger partial charge in [-0.15, -0.1) is 0 Å². The average molecular weight is 214 g/mol. The van der Waals surface area contributed by atoms with Crippen LogP contribution in [0, 0.1) is 5.92 Å². The monoisotopic (exact) mass is 214 g/mol. The number of hydrogen-bond acceptors (Lipinski definition) is 1. The van der Waals surface area contributed by atoms with E-state index in [1.165, 1.54) is 25.8 Å². The van der Waals surface area contributed by atoms with Crippen molar-refractivity contribution in [3.63, 3.8) is 0 Å². The Morgan fingerprint density at radius 2 is 2.21 bits per heavy atom. The molecule has 0 amide bonds. The highest BCUT2D eigenvalue weighted by molar-refractivity contribution is 7.80. The van der Waals surface area contributed by atoms with Gasteiger partial charge in [-0.05, 0) is 37.4 Å². The molecule has 2 nitrogen and oxygen atoms in total. The van der Waals surface area contributed by atoms with E-state index in [9.17, 15) is 0 Å². The van der Waals surface area contributed by atoms with Gasteiger partial charge in [0.05, 0.1) is 0 Å². The number of rotatable bonds is 4. The molecule has 1 atom stereocenters. The third kappa shape index (κ3) is 3.45. The first-order chi connectivity index (χ1) is 6.77. The zero-order chi connectivity index (χ0) is 10.4. The molecule has 14 heavy (non-hydrogen) atoms. The van der Waals surface area contributed by atoms with Crippen molar-refractivity contribution in [2.75, 3.05) is 19.6 Å². The molecular formula is C11H22N2S. The van der Waals surface area contributed by atoms with Gasteiger partial charge in [0.2, 0.25) is 0 Å². The standard InChI is InChI=1S/C11H22N2S/c1-3-5-10-6-8-13(9-10)11(14)12-7-4-2/h10H,3-9H2,1-2H3,(H,12,14). The molecular weight excluding hydrogens is 192 g/mol. The maximum absolute atomic E-state index is 5.33. The second-order valence-electron chi connectivity index (χ2n) is 4.12. The van der Waals surface area contributed by atoms with Crippen molar-refractivity contribution in [2.24, 2.45) is 5.92 Å². The lowest BCUT2D eigenvalue weighted by Crippen LogP contribution is -2.38. The maximum Gasteiger partial charge on any atom is 0.168 e. The normalized spacial score (nSPS) is 21.3. The fourth-order valence-corrected chi connectivity index (χ4v) is 2.27. The molecule has 0 aromatic heterocycles. The second kappa shape index (κ2) is 6.23. The fourth-order valence-electron chi connectivity index (χ4n) is 2.00. The van der Waals surface area contributed by atoms with Gasteiger partial charge in [-0.2, -0.15) is 0 Å². The van der Waals surface area contributed by atoms with Crippen LogP contribution >= 0.6 is 12.2 Å². The van der Waals surface area contributed by atoms with Crippen LogP contribution in [0.15, 0.2) is 0 Å². The predicted molar refractivity (Wildman–Crippen MR) is 65.5 cm³/mol. The number of thiocarbonyl (C=S) groups is 1. The Labute approximate surface area is 93.1 Å². The van der Waals surface area contributed by atoms with Crippen molar-refractivity contribution in [1.82, 2.24) is 10.2 Å². The number of nitrogens with zero attached hydrogens (tertiary/aromatic N) is 1. The van der Waals surface area contributed by atoms with Crippen molar-refractivity contribution in [3.8, 4) is 0 Å². The van der Waals surface area contributed by atoms with Gasteiger partial charge in [-0.25, -0.2) is 0 Å². The van der Waals surface area contributed by atoms with E-state index in [4.69, 9.17) is 12.2 Å². The van der Waals surface area contributed by atoms with Crippen LogP contribution in [0.2, 0.25) is 0 Å². The van der Waals surface area contributed by atoms with E-state index in [1.807, 2.05) is 0 Å². The van der Waals surface area contributed by atoms with Crippen LogP contribution in [0.3, 0.4) is 0 Å². The molecule has 1 N–H and O–H groups in total. The molecule has 0 saturated carbocycles. The minimum Gasteiger partial charge on any atom is -0.363 e. The Morgan fingerprint density at radius 3 is 2.86 bits per heavy atom. The van der Waals surface area contributed by atoms with Gasteiger partial charge in [0, 0.05) is 19.6 Å². The molecule has 3 heteroatoms. The maximum atomic E-state index is 5.33. The topological polar surface area (TPSA) is 15.3 Å². The third-order valence-electron chi connectivity index (χ3n) is 2.80. The molecule has 0 spiro atoms. The predicted octanol–water partition coefficient (Wildman–Crippen LogP) is 2.39. The zero-order valence-electron chi connectivity index (χ0n) is 9.38. The Balaban J connectivity index is 2.23. The largest absolute Gasteiger partial charge is 0.363 e. The van der Waals surface area contributed by atoms with Gasteiger partial charge in [0.15, 0.2) is 5.11 Å². The molecule has 1 heterocycles. The van der Waals surface area contributed by atoms with Crippen molar-refractivity contribution in [3.05, 3.63) is 0 Å². The molecule has 1 saturated heterocycles. The molecule has 0 radical (unpaired) electrons. The summed E-state index contributed by atoms with van der Waals surface area (Å²) in [6.07, 6.45) is 5.12. The summed E-state index contributed by atoms with van der Waals surface area (Å²) in [7, 11) is 0. The smallest absolute Gasteiger partial charge is 0.168 e. The van der Waals surface area contributed by atoms with Crippen molar-refractivity contribution in [2.45, 2.75) is 39.5 Å².